The standard InChI is InChI=1S/C17H22FNO/c1-16(2)13-8-9-17(16,3)15(10-13)19-20-11-12-4-6-14(18)7-5-12/h4-7,13H,8-11H2,1-3H3/b19-15+/t13-,17+/m0/s1. The maximum Gasteiger partial charge on any atom is 0.142 e. The number of fused-ring (bicyclic) bond motifs is 2. The van der Waals surface area contributed by atoms with Gasteiger partial charge in [0.25, 0.3) is 0 Å². The molecular formula is C17H22FNO. The van der Waals surface area contributed by atoms with Crippen LogP contribution in [-0.2, 0) is 11.4 Å². The number of halogens is 1. The van der Waals surface area contributed by atoms with Gasteiger partial charge in [0.05, 0.1) is 5.71 Å². The third kappa shape index (κ3) is 1.95. The fraction of sp³-hybridized carbons (Fsp3) is 0.588. The second-order valence-electron chi connectivity index (χ2n) is 6.93. The van der Waals surface area contributed by atoms with Crippen molar-refractivity contribution >= 4 is 5.71 Å². The van der Waals surface area contributed by atoms with E-state index < -0.39 is 0 Å². The number of hydrogen-bond donors (Lipinski definition) is 0. The summed E-state index contributed by atoms with van der Waals surface area (Å²) in [5, 5.41) is 4.41. The summed E-state index contributed by atoms with van der Waals surface area (Å²) in [6.07, 6.45) is 3.58. The molecule has 0 radical (unpaired) electrons. The van der Waals surface area contributed by atoms with Crippen LogP contribution in [0.15, 0.2) is 29.4 Å². The first-order valence-electron chi connectivity index (χ1n) is 7.37. The quantitative estimate of drug-likeness (QED) is 0.742. The lowest BCUT2D eigenvalue weighted by atomic mass is 9.70. The van der Waals surface area contributed by atoms with Crippen LogP contribution in [0.4, 0.5) is 4.39 Å². The zero-order valence-corrected chi connectivity index (χ0v) is 12.4. The third-order valence-electron chi connectivity index (χ3n) is 5.83. The predicted molar refractivity (Wildman–Crippen MR) is 77.9 cm³/mol. The summed E-state index contributed by atoms with van der Waals surface area (Å²) in [4.78, 5) is 5.52. The smallest absolute Gasteiger partial charge is 0.142 e. The molecule has 2 atom stereocenters. The van der Waals surface area contributed by atoms with Crippen molar-refractivity contribution in [3.63, 3.8) is 0 Å². The summed E-state index contributed by atoms with van der Waals surface area (Å²) in [6, 6.07) is 6.38. The maximum atomic E-state index is 12.8. The molecule has 2 aliphatic carbocycles. The molecular weight excluding hydrogens is 253 g/mol. The Morgan fingerprint density at radius 2 is 1.95 bits per heavy atom. The second kappa shape index (κ2) is 4.57. The Labute approximate surface area is 120 Å². The van der Waals surface area contributed by atoms with E-state index in [1.165, 1.54) is 30.7 Å². The average molecular weight is 275 g/mol. The van der Waals surface area contributed by atoms with Crippen molar-refractivity contribution in [2.24, 2.45) is 21.9 Å². The first-order chi connectivity index (χ1) is 9.43. The molecule has 0 spiro atoms. The van der Waals surface area contributed by atoms with Crippen LogP contribution in [0.1, 0.15) is 45.6 Å². The zero-order valence-electron chi connectivity index (χ0n) is 12.4. The van der Waals surface area contributed by atoms with Crippen molar-refractivity contribution in [3.8, 4) is 0 Å². The fourth-order valence-electron chi connectivity index (χ4n) is 3.83. The van der Waals surface area contributed by atoms with E-state index in [2.05, 4.69) is 25.9 Å². The molecule has 0 unspecified atom stereocenters. The Hall–Kier alpha value is -1.38. The maximum absolute atomic E-state index is 12.8. The number of hydrogen-bond acceptors (Lipinski definition) is 2. The summed E-state index contributed by atoms with van der Waals surface area (Å²) in [5.74, 6) is 0.517. The van der Waals surface area contributed by atoms with E-state index >= 15 is 0 Å². The predicted octanol–water partition coefficient (Wildman–Crippen LogP) is 4.54. The number of oxime groups is 1. The third-order valence-corrected chi connectivity index (χ3v) is 5.83. The van der Waals surface area contributed by atoms with Gasteiger partial charge in [0.2, 0.25) is 0 Å². The van der Waals surface area contributed by atoms with Crippen molar-refractivity contribution in [1.82, 2.24) is 0 Å². The minimum atomic E-state index is -0.220. The van der Waals surface area contributed by atoms with Gasteiger partial charge in [0.15, 0.2) is 0 Å². The molecule has 2 saturated carbocycles. The molecule has 2 bridgehead atoms. The van der Waals surface area contributed by atoms with Gasteiger partial charge in [-0.3, -0.25) is 0 Å². The first kappa shape index (κ1) is 13.6. The van der Waals surface area contributed by atoms with E-state index in [1.807, 2.05) is 0 Å². The van der Waals surface area contributed by atoms with Crippen LogP contribution in [0.3, 0.4) is 0 Å². The first-order valence-corrected chi connectivity index (χ1v) is 7.37. The normalized spacial score (nSPS) is 32.8. The van der Waals surface area contributed by atoms with Gasteiger partial charge < -0.3 is 4.84 Å². The van der Waals surface area contributed by atoms with E-state index in [0.717, 1.165) is 17.9 Å². The Morgan fingerprint density at radius 1 is 1.25 bits per heavy atom. The second-order valence-corrected chi connectivity index (χ2v) is 6.93. The Bertz CT molecular complexity index is 534. The number of rotatable bonds is 3. The molecule has 3 rings (SSSR count). The van der Waals surface area contributed by atoms with Crippen molar-refractivity contribution in [1.29, 1.82) is 0 Å². The fourth-order valence-corrected chi connectivity index (χ4v) is 3.83. The summed E-state index contributed by atoms with van der Waals surface area (Å²) in [6.45, 7) is 7.44. The van der Waals surface area contributed by atoms with E-state index in [-0.39, 0.29) is 11.2 Å². The largest absolute Gasteiger partial charge is 0.391 e. The van der Waals surface area contributed by atoms with Crippen LogP contribution in [0.25, 0.3) is 0 Å². The van der Waals surface area contributed by atoms with Gasteiger partial charge >= 0.3 is 0 Å². The highest BCUT2D eigenvalue weighted by atomic mass is 19.1. The Balaban J connectivity index is 1.68. The van der Waals surface area contributed by atoms with Gasteiger partial charge in [0, 0.05) is 5.41 Å². The highest BCUT2D eigenvalue weighted by Crippen LogP contribution is 2.63. The van der Waals surface area contributed by atoms with E-state index in [4.69, 9.17) is 4.84 Å². The van der Waals surface area contributed by atoms with Gasteiger partial charge in [-0.1, -0.05) is 38.1 Å². The zero-order chi connectivity index (χ0) is 14.4. The van der Waals surface area contributed by atoms with E-state index in [1.54, 1.807) is 12.1 Å². The lowest BCUT2D eigenvalue weighted by molar-refractivity contribution is 0.123. The van der Waals surface area contributed by atoms with Crippen molar-refractivity contribution in [2.45, 2.75) is 46.6 Å². The Morgan fingerprint density at radius 3 is 2.50 bits per heavy atom. The summed E-state index contributed by atoms with van der Waals surface area (Å²) in [7, 11) is 0. The molecule has 0 saturated heterocycles. The van der Waals surface area contributed by atoms with Crippen molar-refractivity contribution in [3.05, 3.63) is 35.6 Å². The van der Waals surface area contributed by atoms with Crippen LogP contribution in [0, 0.1) is 22.6 Å². The van der Waals surface area contributed by atoms with Crippen molar-refractivity contribution in [2.75, 3.05) is 0 Å². The molecule has 2 nitrogen and oxygen atoms in total. The van der Waals surface area contributed by atoms with Crippen LogP contribution in [-0.4, -0.2) is 5.71 Å². The lowest BCUT2D eigenvalue weighted by Crippen LogP contribution is -2.32. The molecule has 108 valence electrons. The van der Waals surface area contributed by atoms with Crippen molar-refractivity contribution < 1.29 is 9.23 Å². The van der Waals surface area contributed by atoms with Gasteiger partial charge in [0.1, 0.15) is 12.4 Å². The van der Waals surface area contributed by atoms with Gasteiger partial charge in [-0.25, -0.2) is 4.39 Å². The molecule has 1 aromatic carbocycles. The van der Waals surface area contributed by atoms with Gasteiger partial charge in [-0.15, -0.1) is 0 Å². The topological polar surface area (TPSA) is 21.6 Å². The molecule has 0 aromatic heterocycles. The van der Waals surface area contributed by atoms with Crippen LogP contribution < -0.4 is 0 Å². The molecule has 20 heavy (non-hydrogen) atoms. The van der Waals surface area contributed by atoms with Crippen LogP contribution >= 0.6 is 0 Å². The van der Waals surface area contributed by atoms with E-state index in [9.17, 15) is 4.39 Å². The molecule has 1 aromatic rings. The summed E-state index contributed by atoms with van der Waals surface area (Å²) >= 11 is 0. The highest BCUT2D eigenvalue weighted by Gasteiger charge is 2.60. The average Bonchev–Trinajstić information content (AvgIpc) is 2.74. The molecule has 2 fully saturated rings. The van der Waals surface area contributed by atoms with Crippen LogP contribution in [0.2, 0.25) is 0 Å². The molecule has 0 N–H and O–H groups in total. The minimum Gasteiger partial charge on any atom is -0.391 e. The lowest BCUT2D eigenvalue weighted by Gasteiger charge is -2.34. The van der Waals surface area contributed by atoms with Crippen LogP contribution in [0.5, 0.6) is 0 Å². The van der Waals surface area contributed by atoms with E-state index in [0.29, 0.717) is 12.0 Å². The molecule has 0 heterocycles. The van der Waals surface area contributed by atoms with Gasteiger partial charge in [-0.2, -0.15) is 0 Å². The monoisotopic (exact) mass is 275 g/mol. The summed E-state index contributed by atoms with van der Waals surface area (Å²) < 4.78 is 12.8. The molecule has 2 aliphatic rings. The highest BCUT2D eigenvalue weighted by molar-refractivity contribution is 5.93. The molecule has 0 amide bonds. The minimum absolute atomic E-state index is 0.181. The summed E-state index contributed by atoms with van der Waals surface area (Å²) in [5.41, 5.74) is 2.66. The molecule has 0 aliphatic heterocycles. The van der Waals surface area contributed by atoms with Gasteiger partial charge in [-0.05, 0) is 48.3 Å². The number of benzene rings is 1. The Kier molecular flexibility index (Phi) is 3.11. The SMILES string of the molecule is CC1(C)[C@H]2CC[C@]1(C)/C(=N/OCc1ccc(F)cc1)C2. The molecule has 3 heteroatoms. The number of nitrogens with zero attached hydrogens (tertiary/aromatic N) is 1.